The van der Waals surface area contributed by atoms with Gasteiger partial charge in [0, 0.05) is 18.8 Å². The van der Waals surface area contributed by atoms with E-state index in [-0.39, 0.29) is 12.1 Å². The zero-order valence-electron chi connectivity index (χ0n) is 15.0. The van der Waals surface area contributed by atoms with E-state index in [1.54, 1.807) is 0 Å². The van der Waals surface area contributed by atoms with Crippen LogP contribution in [0.5, 0.6) is 0 Å². The summed E-state index contributed by atoms with van der Waals surface area (Å²) in [7, 11) is 0. The summed E-state index contributed by atoms with van der Waals surface area (Å²) in [5.74, 6) is 0. The Morgan fingerprint density at radius 3 is 2.31 bits per heavy atom. The fourth-order valence-electron chi connectivity index (χ4n) is 2.99. The Morgan fingerprint density at radius 1 is 0.962 bits per heavy atom. The maximum atomic E-state index is 12.3. The first-order chi connectivity index (χ1) is 12.8. The zero-order chi connectivity index (χ0) is 18.0. The van der Waals surface area contributed by atoms with Gasteiger partial charge in [-0.1, -0.05) is 48.5 Å². The molecule has 0 saturated carbocycles. The molecule has 0 bridgehead atoms. The van der Waals surface area contributed by atoms with E-state index in [1.165, 1.54) is 5.56 Å². The van der Waals surface area contributed by atoms with Crippen molar-refractivity contribution in [2.24, 2.45) is 0 Å². The highest BCUT2D eigenvalue weighted by Crippen LogP contribution is 2.15. The number of carbonyl (C=O) groups excluding carboxylic acids is 1. The Hall–Kier alpha value is -2.37. The van der Waals surface area contributed by atoms with Crippen LogP contribution in [0.2, 0.25) is 0 Å². The van der Waals surface area contributed by atoms with Crippen LogP contribution < -0.4 is 5.32 Å². The Balaban J connectivity index is 1.28. The summed E-state index contributed by atoms with van der Waals surface area (Å²) in [6.45, 7) is 3.22. The predicted molar refractivity (Wildman–Crippen MR) is 102 cm³/mol. The molecular formula is C21H26N2O3. The van der Waals surface area contributed by atoms with Crippen molar-refractivity contribution < 1.29 is 14.3 Å². The van der Waals surface area contributed by atoms with Crippen molar-refractivity contribution in [2.75, 3.05) is 31.6 Å². The largest absolute Gasteiger partial charge is 0.376 e. The third-order valence-corrected chi connectivity index (χ3v) is 4.45. The molecule has 5 nitrogen and oxygen atoms in total. The molecule has 0 aliphatic carbocycles. The van der Waals surface area contributed by atoms with E-state index >= 15 is 0 Å². The number of nitrogens with zero attached hydrogens (tertiary/aromatic N) is 1. The van der Waals surface area contributed by atoms with Gasteiger partial charge in [0.1, 0.15) is 0 Å². The lowest BCUT2D eigenvalue weighted by Crippen LogP contribution is -2.43. The van der Waals surface area contributed by atoms with Crippen LogP contribution >= 0.6 is 0 Å². The molecule has 0 radical (unpaired) electrons. The second-order valence-corrected chi connectivity index (χ2v) is 6.39. The molecule has 1 heterocycles. The number of rotatable bonds is 7. The first kappa shape index (κ1) is 18.4. The summed E-state index contributed by atoms with van der Waals surface area (Å²) in [6, 6.07) is 19.6. The zero-order valence-corrected chi connectivity index (χ0v) is 15.0. The molecule has 1 N–H and O–H groups in total. The summed E-state index contributed by atoms with van der Waals surface area (Å²) in [4.78, 5) is 14.1. The van der Waals surface area contributed by atoms with Gasteiger partial charge in [-0.2, -0.15) is 0 Å². The smallest absolute Gasteiger partial charge is 0.321 e. The number of piperidine rings is 1. The second-order valence-electron chi connectivity index (χ2n) is 6.39. The number of carbonyl (C=O) groups is 1. The number of para-hydroxylation sites is 1. The highest BCUT2D eigenvalue weighted by atomic mass is 16.5. The van der Waals surface area contributed by atoms with Crippen molar-refractivity contribution in [1.29, 1.82) is 0 Å². The molecule has 1 aliphatic heterocycles. The monoisotopic (exact) mass is 354 g/mol. The quantitative estimate of drug-likeness (QED) is 0.767. The van der Waals surface area contributed by atoms with E-state index in [0.29, 0.717) is 32.9 Å². The van der Waals surface area contributed by atoms with Crippen LogP contribution in [0.4, 0.5) is 10.5 Å². The minimum absolute atomic E-state index is 0.0409. The van der Waals surface area contributed by atoms with Gasteiger partial charge in [-0.05, 0) is 30.5 Å². The lowest BCUT2D eigenvalue weighted by molar-refractivity contribution is -0.0202. The number of likely N-dealkylation sites (tertiary alicyclic amines) is 1. The van der Waals surface area contributed by atoms with Crippen LogP contribution in [0.15, 0.2) is 60.7 Å². The molecule has 0 unspecified atom stereocenters. The summed E-state index contributed by atoms with van der Waals surface area (Å²) in [5.41, 5.74) is 2.00. The molecule has 2 aromatic rings. The van der Waals surface area contributed by atoms with Crippen molar-refractivity contribution in [2.45, 2.75) is 25.6 Å². The van der Waals surface area contributed by atoms with Gasteiger partial charge >= 0.3 is 6.03 Å². The normalized spacial score (nSPS) is 15.0. The third-order valence-electron chi connectivity index (χ3n) is 4.45. The van der Waals surface area contributed by atoms with Crippen LogP contribution in [0, 0.1) is 0 Å². The van der Waals surface area contributed by atoms with Crippen molar-refractivity contribution >= 4 is 11.7 Å². The molecular weight excluding hydrogens is 328 g/mol. The van der Waals surface area contributed by atoms with Crippen LogP contribution in [-0.2, 0) is 16.1 Å². The Labute approximate surface area is 154 Å². The standard InChI is InChI=1S/C21H26N2O3/c24-21(22-19-9-5-2-6-10-19)23-13-11-20(12-14-23)26-16-15-25-17-18-7-3-1-4-8-18/h1-10,20H,11-17H2,(H,22,24). The predicted octanol–water partition coefficient (Wildman–Crippen LogP) is 3.92. The molecule has 1 fully saturated rings. The van der Waals surface area contributed by atoms with Crippen LogP contribution in [0.25, 0.3) is 0 Å². The van der Waals surface area contributed by atoms with Gasteiger partial charge in [-0.15, -0.1) is 0 Å². The number of hydrogen-bond donors (Lipinski definition) is 1. The molecule has 5 heteroatoms. The first-order valence-electron chi connectivity index (χ1n) is 9.15. The topological polar surface area (TPSA) is 50.8 Å². The van der Waals surface area contributed by atoms with Gasteiger partial charge in [0.2, 0.25) is 0 Å². The minimum Gasteiger partial charge on any atom is -0.376 e. The molecule has 0 atom stereocenters. The van der Waals surface area contributed by atoms with Crippen LogP contribution in [-0.4, -0.2) is 43.3 Å². The van der Waals surface area contributed by atoms with E-state index in [9.17, 15) is 4.79 Å². The minimum atomic E-state index is -0.0409. The van der Waals surface area contributed by atoms with E-state index in [2.05, 4.69) is 17.4 Å². The maximum Gasteiger partial charge on any atom is 0.321 e. The number of anilines is 1. The number of ether oxygens (including phenoxy) is 2. The molecule has 138 valence electrons. The number of amides is 2. The molecule has 3 rings (SSSR count). The molecule has 2 aromatic carbocycles. The Bertz CT molecular complexity index is 655. The highest BCUT2D eigenvalue weighted by Gasteiger charge is 2.23. The van der Waals surface area contributed by atoms with E-state index < -0.39 is 0 Å². The van der Waals surface area contributed by atoms with Crippen molar-refractivity contribution in [3.8, 4) is 0 Å². The average Bonchev–Trinajstić information content (AvgIpc) is 2.70. The highest BCUT2D eigenvalue weighted by molar-refractivity contribution is 5.89. The van der Waals surface area contributed by atoms with Crippen molar-refractivity contribution in [3.63, 3.8) is 0 Å². The van der Waals surface area contributed by atoms with Crippen LogP contribution in [0.1, 0.15) is 18.4 Å². The molecule has 26 heavy (non-hydrogen) atoms. The van der Waals surface area contributed by atoms with Gasteiger partial charge in [-0.3, -0.25) is 0 Å². The van der Waals surface area contributed by atoms with Crippen LogP contribution in [0.3, 0.4) is 0 Å². The first-order valence-corrected chi connectivity index (χ1v) is 9.15. The third kappa shape index (κ3) is 5.86. The summed E-state index contributed by atoms with van der Waals surface area (Å²) >= 11 is 0. The van der Waals surface area contributed by atoms with E-state index in [1.807, 2.05) is 53.4 Å². The summed E-state index contributed by atoms with van der Waals surface area (Å²) in [6.07, 6.45) is 1.93. The lowest BCUT2D eigenvalue weighted by atomic mass is 10.1. The summed E-state index contributed by atoms with van der Waals surface area (Å²) < 4.78 is 11.5. The molecule has 0 aromatic heterocycles. The molecule has 2 amide bonds. The van der Waals surface area contributed by atoms with Gasteiger partial charge in [-0.25, -0.2) is 4.79 Å². The van der Waals surface area contributed by atoms with Crippen molar-refractivity contribution in [3.05, 3.63) is 66.2 Å². The number of nitrogens with one attached hydrogen (secondary N) is 1. The Kier molecular flexibility index (Phi) is 7.05. The summed E-state index contributed by atoms with van der Waals surface area (Å²) in [5, 5.41) is 2.93. The number of urea groups is 1. The fraction of sp³-hybridized carbons (Fsp3) is 0.381. The SMILES string of the molecule is O=C(Nc1ccccc1)N1CCC(OCCOCc2ccccc2)CC1. The Morgan fingerprint density at radius 2 is 1.62 bits per heavy atom. The molecule has 1 saturated heterocycles. The second kappa shape index (κ2) is 9.94. The van der Waals surface area contributed by atoms with Gasteiger partial charge < -0.3 is 19.7 Å². The molecule has 1 aliphatic rings. The maximum absolute atomic E-state index is 12.3. The number of hydrogen-bond acceptors (Lipinski definition) is 3. The lowest BCUT2D eigenvalue weighted by Gasteiger charge is -2.32. The number of benzene rings is 2. The van der Waals surface area contributed by atoms with Crippen molar-refractivity contribution in [1.82, 2.24) is 4.90 Å². The molecule has 0 spiro atoms. The van der Waals surface area contributed by atoms with Gasteiger partial charge in [0.15, 0.2) is 0 Å². The van der Waals surface area contributed by atoms with Gasteiger partial charge in [0.05, 0.1) is 25.9 Å². The average molecular weight is 354 g/mol. The fourth-order valence-corrected chi connectivity index (χ4v) is 2.99. The van der Waals surface area contributed by atoms with E-state index in [4.69, 9.17) is 9.47 Å². The van der Waals surface area contributed by atoms with Gasteiger partial charge in [0.25, 0.3) is 0 Å². The van der Waals surface area contributed by atoms with E-state index in [0.717, 1.165) is 18.5 Å².